The summed E-state index contributed by atoms with van der Waals surface area (Å²) in [6.45, 7) is 1.19. The number of nitrogens with zero attached hydrogens (tertiary/aromatic N) is 1. The molecule has 0 unspecified atom stereocenters. The first-order chi connectivity index (χ1) is 16.9. The molecule has 1 saturated carbocycles. The number of amides is 3. The number of aliphatic hydroxyl groups is 1. The number of β-amino-alcohol motifs (C(OH)–C–C–N with tert-alkyl or cyclic N) is 1. The number of hydrogen-bond acceptors (Lipinski definition) is 5. The zero-order valence-electron chi connectivity index (χ0n) is 19.9. The second-order valence-electron chi connectivity index (χ2n) is 9.89. The van der Waals surface area contributed by atoms with Crippen molar-refractivity contribution < 1.29 is 24.2 Å². The van der Waals surface area contributed by atoms with Gasteiger partial charge < -0.3 is 30.1 Å². The maximum atomic E-state index is 13.2. The minimum Gasteiger partial charge on any atom is -0.389 e. The molecular weight excluding hydrogens is 493 g/mol. The molecule has 1 aliphatic carbocycles. The van der Waals surface area contributed by atoms with Gasteiger partial charge in [0.15, 0.2) is 0 Å². The molecule has 0 spiro atoms. The van der Waals surface area contributed by atoms with E-state index in [1.165, 1.54) is 32.1 Å². The van der Waals surface area contributed by atoms with Crippen LogP contribution in [-0.2, 0) is 14.3 Å². The van der Waals surface area contributed by atoms with Crippen LogP contribution in [0.25, 0.3) is 0 Å². The van der Waals surface area contributed by atoms with Gasteiger partial charge in [-0.1, -0.05) is 42.5 Å². The molecule has 3 N–H and O–H groups in total. The SMILES string of the molecule is O=C(C[C@H]1CC[C@H]2[C@@H](COC[C@@H](O)CN2C(=O)Nc2cc(Cl)cc(Cl)c2)O1)NCC1CCCCC1. The third-order valence-electron chi connectivity index (χ3n) is 7.08. The number of fused-ring (bicyclic) bond motifs is 1. The Bertz CT molecular complexity index is 862. The van der Waals surface area contributed by atoms with Gasteiger partial charge in [0.05, 0.1) is 44.4 Å². The molecule has 8 nitrogen and oxygen atoms in total. The highest BCUT2D eigenvalue weighted by Crippen LogP contribution is 2.29. The van der Waals surface area contributed by atoms with E-state index in [1.54, 1.807) is 23.1 Å². The van der Waals surface area contributed by atoms with Gasteiger partial charge in [0.25, 0.3) is 0 Å². The first-order valence-electron chi connectivity index (χ1n) is 12.6. The molecule has 1 aromatic carbocycles. The molecule has 0 bridgehead atoms. The van der Waals surface area contributed by atoms with Gasteiger partial charge in [-0.3, -0.25) is 4.79 Å². The van der Waals surface area contributed by atoms with Crippen molar-refractivity contribution in [3.63, 3.8) is 0 Å². The van der Waals surface area contributed by atoms with Crippen molar-refractivity contribution in [2.24, 2.45) is 5.92 Å². The lowest BCUT2D eigenvalue weighted by Gasteiger charge is -2.44. The van der Waals surface area contributed by atoms with Gasteiger partial charge in [0, 0.05) is 22.3 Å². The van der Waals surface area contributed by atoms with Crippen molar-refractivity contribution in [3.05, 3.63) is 28.2 Å². The first-order valence-corrected chi connectivity index (χ1v) is 13.3. The van der Waals surface area contributed by atoms with E-state index >= 15 is 0 Å². The number of anilines is 1. The van der Waals surface area contributed by atoms with Gasteiger partial charge in [0.1, 0.15) is 6.10 Å². The first kappa shape index (κ1) is 26.5. The predicted molar refractivity (Wildman–Crippen MR) is 135 cm³/mol. The summed E-state index contributed by atoms with van der Waals surface area (Å²) in [4.78, 5) is 27.4. The van der Waals surface area contributed by atoms with E-state index in [4.69, 9.17) is 32.7 Å². The molecule has 0 aromatic heterocycles. The average Bonchev–Trinajstić information content (AvgIpc) is 2.80. The van der Waals surface area contributed by atoms with Gasteiger partial charge in [-0.15, -0.1) is 0 Å². The summed E-state index contributed by atoms with van der Waals surface area (Å²) in [5.41, 5.74) is 0.473. The van der Waals surface area contributed by atoms with Gasteiger partial charge in [-0.05, 0) is 49.8 Å². The Morgan fingerprint density at radius 3 is 2.51 bits per heavy atom. The second-order valence-corrected chi connectivity index (χ2v) is 10.8. The number of carbonyl (C=O) groups excluding carboxylic acids is 2. The van der Waals surface area contributed by atoms with E-state index in [1.807, 2.05) is 0 Å². The normalized spacial score (nSPS) is 27.9. The lowest BCUT2D eigenvalue weighted by molar-refractivity contribution is -0.149. The Morgan fingerprint density at radius 2 is 1.77 bits per heavy atom. The van der Waals surface area contributed by atoms with Crippen LogP contribution in [0.2, 0.25) is 10.0 Å². The van der Waals surface area contributed by atoms with Gasteiger partial charge in [-0.2, -0.15) is 0 Å². The number of benzene rings is 1. The quantitative estimate of drug-likeness (QED) is 0.532. The highest BCUT2D eigenvalue weighted by Gasteiger charge is 2.40. The van der Waals surface area contributed by atoms with Crippen molar-refractivity contribution in [1.82, 2.24) is 10.2 Å². The van der Waals surface area contributed by atoms with E-state index in [9.17, 15) is 14.7 Å². The molecule has 3 amide bonds. The zero-order valence-corrected chi connectivity index (χ0v) is 21.4. The summed E-state index contributed by atoms with van der Waals surface area (Å²) in [6, 6.07) is 4.16. The second kappa shape index (κ2) is 12.6. The monoisotopic (exact) mass is 527 g/mol. The van der Waals surface area contributed by atoms with E-state index in [0.29, 0.717) is 40.9 Å². The summed E-state index contributed by atoms with van der Waals surface area (Å²) in [5.74, 6) is 0.588. The summed E-state index contributed by atoms with van der Waals surface area (Å²) in [5, 5.41) is 17.1. The molecule has 4 rings (SSSR count). The van der Waals surface area contributed by atoms with Crippen LogP contribution >= 0.6 is 23.2 Å². The molecule has 3 fully saturated rings. The summed E-state index contributed by atoms with van der Waals surface area (Å²) in [6.07, 6.45) is 6.32. The van der Waals surface area contributed by atoms with Crippen LogP contribution in [0.15, 0.2) is 18.2 Å². The Balaban J connectivity index is 1.35. The molecule has 1 aromatic rings. The number of ether oxygens (including phenoxy) is 2. The highest BCUT2D eigenvalue weighted by molar-refractivity contribution is 6.35. The van der Waals surface area contributed by atoms with E-state index in [2.05, 4.69) is 10.6 Å². The molecule has 35 heavy (non-hydrogen) atoms. The number of aliphatic hydroxyl groups excluding tert-OH is 1. The van der Waals surface area contributed by atoms with Gasteiger partial charge >= 0.3 is 6.03 Å². The van der Waals surface area contributed by atoms with Crippen LogP contribution in [0.1, 0.15) is 51.4 Å². The molecule has 4 atom stereocenters. The summed E-state index contributed by atoms with van der Waals surface area (Å²) >= 11 is 12.1. The van der Waals surface area contributed by atoms with Crippen molar-refractivity contribution in [2.45, 2.75) is 75.7 Å². The number of halogens is 2. The molecule has 2 aliphatic heterocycles. The number of hydrogen-bond donors (Lipinski definition) is 3. The molecule has 2 saturated heterocycles. The standard InChI is InChI=1S/C25H35Cl2N3O5/c26-17-8-18(27)10-19(9-17)29-25(33)30-13-20(31)14-34-15-23-22(30)7-6-21(35-23)11-24(32)28-12-16-4-2-1-3-5-16/h8-10,16,20-23,31H,1-7,11-15H2,(H,28,32)(H,29,33)/t20-,21+,22-,23+/m0/s1. The minimum absolute atomic E-state index is 0.00800. The average molecular weight is 528 g/mol. The Hall–Kier alpha value is -1.58. The third kappa shape index (κ3) is 7.70. The van der Waals surface area contributed by atoms with Crippen LogP contribution in [0.5, 0.6) is 0 Å². The van der Waals surface area contributed by atoms with Crippen LogP contribution < -0.4 is 10.6 Å². The Morgan fingerprint density at radius 1 is 1.03 bits per heavy atom. The Kier molecular flexibility index (Phi) is 9.53. The number of urea groups is 1. The lowest BCUT2D eigenvalue weighted by Crippen LogP contribution is -2.58. The highest BCUT2D eigenvalue weighted by atomic mass is 35.5. The van der Waals surface area contributed by atoms with E-state index in [0.717, 1.165) is 6.54 Å². The number of rotatable bonds is 5. The maximum Gasteiger partial charge on any atom is 0.322 e. The maximum absolute atomic E-state index is 13.2. The van der Waals surface area contributed by atoms with Crippen LogP contribution in [-0.4, -0.2) is 72.6 Å². The zero-order chi connectivity index (χ0) is 24.8. The van der Waals surface area contributed by atoms with Crippen LogP contribution in [0.4, 0.5) is 10.5 Å². The smallest absolute Gasteiger partial charge is 0.322 e. The van der Waals surface area contributed by atoms with Gasteiger partial charge in [-0.25, -0.2) is 4.79 Å². The van der Waals surface area contributed by atoms with E-state index in [-0.39, 0.29) is 49.9 Å². The molecule has 3 aliphatic rings. The van der Waals surface area contributed by atoms with E-state index < -0.39 is 6.10 Å². The third-order valence-corrected chi connectivity index (χ3v) is 7.52. The van der Waals surface area contributed by atoms with Crippen molar-refractivity contribution >= 4 is 40.8 Å². The van der Waals surface area contributed by atoms with Crippen LogP contribution in [0.3, 0.4) is 0 Å². The molecular formula is C25H35Cl2N3O5. The molecule has 2 heterocycles. The minimum atomic E-state index is -0.812. The molecule has 194 valence electrons. The number of carbonyl (C=O) groups is 2. The number of nitrogens with one attached hydrogen (secondary N) is 2. The molecule has 10 heteroatoms. The van der Waals surface area contributed by atoms with Crippen molar-refractivity contribution in [1.29, 1.82) is 0 Å². The fourth-order valence-electron chi connectivity index (χ4n) is 5.32. The summed E-state index contributed by atoms with van der Waals surface area (Å²) in [7, 11) is 0. The summed E-state index contributed by atoms with van der Waals surface area (Å²) < 4.78 is 11.9. The van der Waals surface area contributed by atoms with Gasteiger partial charge in [0.2, 0.25) is 5.91 Å². The largest absolute Gasteiger partial charge is 0.389 e. The Labute approximate surface area is 216 Å². The topological polar surface area (TPSA) is 100 Å². The fraction of sp³-hybridized carbons (Fsp3) is 0.680. The van der Waals surface area contributed by atoms with Crippen LogP contribution in [0, 0.1) is 5.92 Å². The molecule has 0 radical (unpaired) electrons. The fourth-order valence-corrected chi connectivity index (χ4v) is 5.85. The van der Waals surface area contributed by atoms with Crippen molar-refractivity contribution in [3.8, 4) is 0 Å². The van der Waals surface area contributed by atoms with Crippen molar-refractivity contribution in [2.75, 3.05) is 31.6 Å². The predicted octanol–water partition coefficient (Wildman–Crippen LogP) is 4.22. The lowest BCUT2D eigenvalue weighted by atomic mass is 9.89.